The number of cyclic esters (lactones) is 1. The molecule has 0 aliphatic carbocycles. The van der Waals surface area contributed by atoms with Crippen molar-refractivity contribution in [3.05, 3.63) is 17.6 Å². The van der Waals surface area contributed by atoms with E-state index in [0.29, 0.717) is 12.4 Å². The van der Waals surface area contributed by atoms with Gasteiger partial charge in [0.1, 0.15) is 17.7 Å². The molecule has 0 N–H and O–H groups in total. The first-order valence-corrected chi connectivity index (χ1v) is 9.28. The molecule has 7 nitrogen and oxygen atoms in total. The lowest BCUT2D eigenvalue weighted by molar-refractivity contribution is -0.140. The van der Waals surface area contributed by atoms with Gasteiger partial charge in [0, 0.05) is 36.2 Å². The number of nitrogens with zero attached hydrogens (tertiary/aromatic N) is 4. The summed E-state index contributed by atoms with van der Waals surface area (Å²) in [4.78, 5) is 37.2. The summed E-state index contributed by atoms with van der Waals surface area (Å²) in [6, 6.07) is 1.82. The van der Waals surface area contributed by atoms with Gasteiger partial charge in [0.05, 0.1) is 6.54 Å². The fourth-order valence-electron chi connectivity index (χ4n) is 3.50. The van der Waals surface area contributed by atoms with Crippen LogP contribution >= 0.6 is 0 Å². The zero-order chi connectivity index (χ0) is 19.1. The molecule has 2 aliphatic rings. The lowest BCUT2D eigenvalue weighted by atomic mass is 9.90. The van der Waals surface area contributed by atoms with Crippen molar-refractivity contribution in [3.8, 4) is 0 Å². The van der Waals surface area contributed by atoms with E-state index in [0.717, 1.165) is 37.4 Å². The van der Waals surface area contributed by atoms with E-state index < -0.39 is 0 Å². The van der Waals surface area contributed by atoms with E-state index in [2.05, 4.69) is 9.97 Å². The van der Waals surface area contributed by atoms with Gasteiger partial charge in [-0.15, -0.1) is 0 Å². The van der Waals surface area contributed by atoms with Crippen LogP contribution in [-0.2, 0) is 9.53 Å². The molecule has 0 radical (unpaired) electrons. The third kappa shape index (κ3) is 3.81. The SMILES string of the molecule is Cc1cc(N2CC(C)OC2=O)nc(C2CCN(C(=O)C(C)(C)C)CC2)n1. The molecule has 1 aromatic heterocycles. The van der Waals surface area contributed by atoms with Gasteiger partial charge in [0.2, 0.25) is 5.91 Å². The highest BCUT2D eigenvalue weighted by molar-refractivity contribution is 5.88. The summed E-state index contributed by atoms with van der Waals surface area (Å²) in [5.74, 6) is 1.76. The van der Waals surface area contributed by atoms with Gasteiger partial charge in [-0.1, -0.05) is 20.8 Å². The second-order valence-electron chi connectivity index (χ2n) is 8.35. The van der Waals surface area contributed by atoms with Crippen molar-refractivity contribution in [2.45, 2.75) is 59.5 Å². The average Bonchev–Trinajstić information content (AvgIpc) is 2.91. The van der Waals surface area contributed by atoms with Gasteiger partial charge in [0.15, 0.2) is 0 Å². The van der Waals surface area contributed by atoms with Gasteiger partial charge in [-0.05, 0) is 26.7 Å². The standard InChI is InChI=1S/C19H28N4O3/c1-12-10-15(23-11-13(2)26-18(23)25)21-16(20-12)14-6-8-22(9-7-14)17(24)19(3,4)5/h10,13-14H,6-9,11H2,1-5H3. The summed E-state index contributed by atoms with van der Waals surface area (Å²) in [5, 5.41) is 0. The number of aryl methyl sites for hydroxylation is 1. The number of anilines is 1. The van der Waals surface area contributed by atoms with Gasteiger partial charge in [-0.25, -0.2) is 14.8 Å². The lowest BCUT2D eigenvalue weighted by Gasteiger charge is -2.35. The Morgan fingerprint density at radius 2 is 1.88 bits per heavy atom. The smallest absolute Gasteiger partial charge is 0.415 e. The first-order valence-electron chi connectivity index (χ1n) is 9.28. The van der Waals surface area contributed by atoms with Gasteiger partial charge >= 0.3 is 6.09 Å². The number of rotatable bonds is 2. The van der Waals surface area contributed by atoms with Gasteiger partial charge in [0.25, 0.3) is 0 Å². The van der Waals surface area contributed by atoms with Crippen molar-refractivity contribution >= 4 is 17.8 Å². The Morgan fingerprint density at radius 1 is 1.23 bits per heavy atom. The third-order valence-corrected chi connectivity index (χ3v) is 4.89. The maximum absolute atomic E-state index is 12.4. The molecule has 1 atom stereocenters. The summed E-state index contributed by atoms with van der Waals surface area (Å²) in [7, 11) is 0. The predicted molar refractivity (Wildman–Crippen MR) is 98.1 cm³/mol. The molecular formula is C19H28N4O3. The van der Waals surface area contributed by atoms with Gasteiger partial charge < -0.3 is 9.64 Å². The van der Waals surface area contributed by atoms with Crippen molar-refractivity contribution in [1.82, 2.24) is 14.9 Å². The van der Waals surface area contributed by atoms with Gasteiger partial charge in [-0.3, -0.25) is 9.69 Å². The molecule has 0 saturated carbocycles. The van der Waals surface area contributed by atoms with E-state index in [4.69, 9.17) is 4.74 Å². The van der Waals surface area contributed by atoms with Crippen LogP contribution in [0.5, 0.6) is 0 Å². The number of aromatic nitrogens is 2. The highest BCUT2D eigenvalue weighted by atomic mass is 16.6. The normalized spacial score (nSPS) is 21.9. The minimum atomic E-state index is -0.355. The molecule has 1 unspecified atom stereocenters. The molecule has 0 aromatic carbocycles. The molecule has 3 rings (SSSR count). The van der Waals surface area contributed by atoms with Crippen LogP contribution in [0.3, 0.4) is 0 Å². The Morgan fingerprint density at radius 3 is 2.42 bits per heavy atom. The Balaban J connectivity index is 1.73. The Bertz CT molecular complexity index is 705. The predicted octanol–water partition coefficient (Wildman–Crippen LogP) is 2.88. The van der Waals surface area contributed by atoms with Crippen LogP contribution in [0, 0.1) is 12.3 Å². The van der Waals surface area contributed by atoms with Crippen LogP contribution in [-0.4, -0.2) is 52.6 Å². The molecule has 2 amide bonds. The van der Waals surface area contributed by atoms with Crippen LogP contribution in [0.25, 0.3) is 0 Å². The van der Waals surface area contributed by atoms with E-state index >= 15 is 0 Å². The number of hydrogen-bond donors (Lipinski definition) is 0. The van der Waals surface area contributed by atoms with Crippen molar-refractivity contribution < 1.29 is 14.3 Å². The largest absolute Gasteiger partial charge is 0.444 e. The molecule has 1 aromatic rings. The number of likely N-dealkylation sites (tertiary alicyclic amines) is 1. The van der Waals surface area contributed by atoms with Crippen LogP contribution in [0.4, 0.5) is 10.6 Å². The third-order valence-electron chi connectivity index (χ3n) is 4.89. The molecule has 3 heterocycles. The second-order valence-corrected chi connectivity index (χ2v) is 8.35. The van der Waals surface area contributed by atoms with Crippen LogP contribution in [0.1, 0.15) is 58.0 Å². The minimum absolute atomic E-state index is 0.132. The molecule has 2 saturated heterocycles. The fraction of sp³-hybridized carbons (Fsp3) is 0.684. The van der Waals surface area contributed by atoms with E-state index in [1.807, 2.05) is 45.6 Å². The lowest BCUT2D eigenvalue weighted by Crippen LogP contribution is -2.44. The van der Waals surface area contributed by atoms with Crippen LogP contribution in [0.2, 0.25) is 0 Å². The van der Waals surface area contributed by atoms with Crippen molar-refractivity contribution in [3.63, 3.8) is 0 Å². The summed E-state index contributed by atoms with van der Waals surface area (Å²) < 4.78 is 5.21. The van der Waals surface area contributed by atoms with E-state index in [9.17, 15) is 9.59 Å². The van der Waals surface area contributed by atoms with E-state index in [1.165, 1.54) is 0 Å². The number of amides is 2. The van der Waals surface area contributed by atoms with Crippen molar-refractivity contribution in [1.29, 1.82) is 0 Å². The Hall–Kier alpha value is -2.18. The second kappa shape index (κ2) is 6.85. The summed E-state index contributed by atoms with van der Waals surface area (Å²) in [6.45, 7) is 11.6. The highest BCUT2D eigenvalue weighted by Gasteiger charge is 2.33. The number of piperidine rings is 1. The van der Waals surface area contributed by atoms with Crippen LogP contribution < -0.4 is 4.90 Å². The highest BCUT2D eigenvalue weighted by Crippen LogP contribution is 2.30. The molecule has 7 heteroatoms. The molecule has 0 bridgehead atoms. The summed E-state index contributed by atoms with van der Waals surface area (Å²) in [6.07, 6.45) is 1.19. The molecule has 2 aliphatic heterocycles. The van der Waals surface area contributed by atoms with Crippen molar-refractivity contribution in [2.75, 3.05) is 24.5 Å². The zero-order valence-electron chi connectivity index (χ0n) is 16.3. The first-order chi connectivity index (χ1) is 12.1. The Kier molecular flexibility index (Phi) is 4.90. The quantitative estimate of drug-likeness (QED) is 0.810. The van der Waals surface area contributed by atoms with E-state index in [-0.39, 0.29) is 29.4 Å². The number of carbonyl (C=O) groups excluding carboxylic acids is 2. The van der Waals surface area contributed by atoms with Gasteiger partial charge in [-0.2, -0.15) is 0 Å². The molecule has 26 heavy (non-hydrogen) atoms. The monoisotopic (exact) mass is 360 g/mol. The topological polar surface area (TPSA) is 75.6 Å². The number of carbonyl (C=O) groups is 2. The summed E-state index contributed by atoms with van der Waals surface area (Å²) in [5.41, 5.74) is 0.484. The average molecular weight is 360 g/mol. The minimum Gasteiger partial charge on any atom is -0.444 e. The maximum Gasteiger partial charge on any atom is 0.415 e. The first kappa shape index (κ1) is 18.6. The number of hydrogen-bond acceptors (Lipinski definition) is 5. The summed E-state index contributed by atoms with van der Waals surface area (Å²) >= 11 is 0. The maximum atomic E-state index is 12.4. The Labute approximate surface area is 154 Å². The molecule has 2 fully saturated rings. The van der Waals surface area contributed by atoms with E-state index in [1.54, 1.807) is 4.90 Å². The fourth-order valence-corrected chi connectivity index (χ4v) is 3.50. The van der Waals surface area contributed by atoms with Crippen molar-refractivity contribution in [2.24, 2.45) is 5.41 Å². The number of ether oxygens (including phenoxy) is 1. The van der Waals surface area contributed by atoms with Crippen LogP contribution in [0.15, 0.2) is 6.07 Å². The molecular weight excluding hydrogens is 332 g/mol. The molecule has 142 valence electrons. The zero-order valence-corrected chi connectivity index (χ0v) is 16.3. The molecule has 0 spiro atoms.